The van der Waals surface area contributed by atoms with E-state index in [9.17, 15) is 13.2 Å². The Labute approximate surface area is 205 Å². The van der Waals surface area contributed by atoms with Crippen LogP contribution in [0.2, 0.25) is 0 Å². The van der Waals surface area contributed by atoms with Gasteiger partial charge in [-0.1, -0.05) is 30.3 Å². The number of ether oxygens (including phenoxy) is 3. The van der Waals surface area contributed by atoms with Crippen molar-refractivity contribution in [2.24, 2.45) is 0 Å². The Morgan fingerprint density at radius 3 is 2.23 bits per heavy atom. The van der Waals surface area contributed by atoms with Crippen molar-refractivity contribution < 1.29 is 27.4 Å². The summed E-state index contributed by atoms with van der Waals surface area (Å²) in [6.07, 6.45) is -0.684. The molecule has 1 fully saturated rings. The molecule has 1 saturated heterocycles. The first-order valence-corrected chi connectivity index (χ1v) is 12.8. The number of nitrogens with one attached hydrogen (secondary N) is 1. The third-order valence-electron chi connectivity index (χ3n) is 5.47. The Morgan fingerprint density at radius 2 is 1.57 bits per heavy atom. The van der Waals surface area contributed by atoms with Crippen LogP contribution < -0.4 is 14.2 Å². The molecule has 0 bridgehead atoms. The fraction of sp³-hybridized carbons (Fsp3) is 0.269. The number of anilines is 1. The third kappa shape index (κ3) is 6.74. The van der Waals surface area contributed by atoms with Crippen molar-refractivity contribution in [2.75, 3.05) is 31.0 Å². The summed E-state index contributed by atoms with van der Waals surface area (Å²) in [5.41, 5.74) is 1.46. The lowest BCUT2D eigenvalue weighted by Crippen LogP contribution is -2.46. The highest BCUT2D eigenvalue weighted by Crippen LogP contribution is 2.22. The first-order chi connectivity index (χ1) is 16.9. The quantitative estimate of drug-likeness (QED) is 0.486. The smallest absolute Gasteiger partial charge is 0.263 e. The fourth-order valence-electron chi connectivity index (χ4n) is 3.57. The molecule has 1 N–H and O–H groups in total. The normalized spacial score (nSPS) is 14.7. The SMILES string of the molecule is C[C@@H](Oc1ccc(S(=O)(=O)Nc2ccc(OCc3ccccc3)cc2)cc1)C(=O)N1CCOCC1. The number of amides is 1. The number of nitrogens with zero attached hydrogens (tertiary/aromatic N) is 1. The van der Waals surface area contributed by atoms with Crippen molar-refractivity contribution in [2.45, 2.75) is 24.5 Å². The molecule has 184 valence electrons. The minimum absolute atomic E-state index is 0.0846. The second-order valence-electron chi connectivity index (χ2n) is 8.07. The molecule has 0 spiro atoms. The molecule has 4 rings (SSSR count). The van der Waals surface area contributed by atoms with Crippen LogP contribution in [0, 0.1) is 0 Å². The molecule has 0 radical (unpaired) electrons. The average molecular weight is 497 g/mol. The number of benzene rings is 3. The molecule has 1 aliphatic heterocycles. The monoisotopic (exact) mass is 496 g/mol. The van der Waals surface area contributed by atoms with Gasteiger partial charge in [-0.3, -0.25) is 9.52 Å². The van der Waals surface area contributed by atoms with Crippen molar-refractivity contribution >= 4 is 21.6 Å². The van der Waals surface area contributed by atoms with Crippen molar-refractivity contribution in [3.63, 3.8) is 0 Å². The van der Waals surface area contributed by atoms with Gasteiger partial charge in [-0.15, -0.1) is 0 Å². The molecule has 0 unspecified atom stereocenters. The van der Waals surface area contributed by atoms with E-state index in [0.717, 1.165) is 5.56 Å². The summed E-state index contributed by atoms with van der Waals surface area (Å²) in [5.74, 6) is 0.930. The summed E-state index contributed by atoms with van der Waals surface area (Å²) in [7, 11) is -3.80. The molecule has 35 heavy (non-hydrogen) atoms. The van der Waals surface area contributed by atoms with Gasteiger partial charge in [-0.05, 0) is 61.0 Å². The van der Waals surface area contributed by atoms with Gasteiger partial charge in [-0.2, -0.15) is 0 Å². The number of sulfonamides is 1. The van der Waals surface area contributed by atoms with E-state index in [1.165, 1.54) is 24.3 Å². The highest BCUT2D eigenvalue weighted by atomic mass is 32.2. The van der Waals surface area contributed by atoms with Gasteiger partial charge >= 0.3 is 0 Å². The molecule has 0 saturated carbocycles. The number of rotatable bonds is 9. The van der Waals surface area contributed by atoms with Crippen LogP contribution in [0.1, 0.15) is 12.5 Å². The number of carbonyl (C=O) groups is 1. The minimum atomic E-state index is -3.80. The van der Waals surface area contributed by atoms with Gasteiger partial charge < -0.3 is 19.1 Å². The largest absolute Gasteiger partial charge is 0.489 e. The van der Waals surface area contributed by atoms with E-state index in [2.05, 4.69) is 4.72 Å². The Kier molecular flexibility index (Phi) is 7.89. The highest BCUT2D eigenvalue weighted by molar-refractivity contribution is 7.92. The summed E-state index contributed by atoms with van der Waals surface area (Å²) in [5, 5.41) is 0. The van der Waals surface area contributed by atoms with Gasteiger partial charge in [0, 0.05) is 18.8 Å². The van der Waals surface area contributed by atoms with Crippen LogP contribution >= 0.6 is 0 Å². The predicted octanol–water partition coefficient (Wildman–Crippen LogP) is 3.69. The molecule has 1 atom stereocenters. The summed E-state index contributed by atoms with van der Waals surface area (Å²) in [6.45, 7) is 4.21. The van der Waals surface area contributed by atoms with E-state index in [0.29, 0.717) is 50.1 Å². The summed E-state index contributed by atoms with van der Waals surface area (Å²) in [6, 6.07) is 22.5. The lowest BCUT2D eigenvalue weighted by molar-refractivity contribution is -0.142. The highest BCUT2D eigenvalue weighted by Gasteiger charge is 2.24. The molecule has 1 amide bonds. The van der Waals surface area contributed by atoms with E-state index in [1.54, 1.807) is 36.1 Å². The number of morpholine rings is 1. The zero-order valence-corrected chi connectivity index (χ0v) is 20.2. The predicted molar refractivity (Wildman–Crippen MR) is 132 cm³/mol. The molecular formula is C26H28N2O6S. The zero-order chi connectivity index (χ0) is 24.7. The van der Waals surface area contributed by atoms with Gasteiger partial charge in [0.1, 0.15) is 18.1 Å². The topological polar surface area (TPSA) is 94.2 Å². The van der Waals surface area contributed by atoms with Gasteiger partial charge in [0.2, 0.25) is 0 Å². The number of hydrogen-bond donors (Lipinski definition) is 1. The van der Waals surface area contributed by atoms with Gasteiger partial charge in [-0.25, -0.2) is 8.42 Å². The first kappa shape index (κ1) is 24.6. The Bertz CT molecular complexity index is 1210. The van der Waals surface area contributed by atoms with Crippen LogP contribution in [0.25, 0.3) is 0 Å². The molecular weight excluding hydrogens is 468 g/mol. The summed E-state index contributed by atoms with van der Waals surface area (Å²) in [4.78, 5) is 14.3. The average Bonchev–Trinajstić information content (AvgIpc) is 2.89. The number of carbonyl (C=O) groups excluding carboxylic acids is 1. The van der Waals surface area contributed by atoms with E-state index >= 15 is 0 Å². The first-order valence-electron chi connectivity index (χ1n) is 11.3. The maximum atomic E-state index is 12.8. The van der Waals surface area contributed by atoms with Crippen LogP contribution in [0.5, 0.6) is 11.5 Å². The lowest BCUT2D eigenvalue weighted by Gasteiger charge is -2.29. The third-order valence-corrected chi connectivity index (χ3v) is 6.87. The van der Waals surface area contributed by atoms with E-state index in [4.69, 9.17) is 14.2 Å². The molecule has 1 heterocycles. The fourth-order valence-corrected chi connectivity index (χ4v) is 4.63. The summed E-state index contributed by atoms with van der Waals surface area (Å²) < 4.78 is 44.9. The van der Waals surface area contributed by atoms with E-state index in [-0.39, 0.29) is 10.8 Å². The van der Waals surface area contributed by atoms with Gasteiger partial charge in [0.25, 0.3) is 15.9 Å². The zero-order valence-electron chi connectivity index (χ0n) is 19.4. The second kappa shape index (κ2) is 11.2. The molecule has 1 aliphatic rings. The molecule has 0 aromatic heterocycles. The van der Waals surface area contributed by atoms with E-state index < -0.39 is 16.1 Å². The Balaban J connectivity index is 1.32. The molecule has 0 aliphatic carbocycles. The Hall–Kier alpha value is -3.56. The number of hydrogen-bond acceptors (Lipinski definition) is 6. The van der Waals surface area contributed by atoms with E-state index in [1.807, 2.05) is 30.3 Å². The molecule has 3 aromatic rings. The van der Waals surface area contributed by atoms with Crippen molar-refractivity contribution in [3.05, 3.63) is 84.4 Å². The van der Waals surface area contributed by atoms with Gasteiger partial charge in [0.05, 0.1) is 18.1 Å². The van der Waals surface area contributed by atoms with Crippen molar-refractivity contribution in [1.29, 1.82) is 0 Å². The van der Waals surface area contributed by atoms with Gasteiger partial charge in [0.15, 0.2) is 6.10 Å². The standard InChI is InChI=1S/C26H28N2O6S/c1-20(26(29)28-15-17-32-18-16-28)34-24-11-13-25(14-12-24)35(30,31)27-22-7-9-23(10-8-22)33-19-21-5-3-2-4-6-21/h2-14,20,27H,15-19H2,1H3/t20-/m1/s1. The van der Waals surface area contributed by atoms with Crippen LogP contribution in [0.4, 0.5) is 5.69 Å². The minimum Gasteiger partial charge on any atom is -0.489 e. The molecule has 3 aromatic carbocycles. The van der Waals surface area contributed by atoms with Crippen LogP contribution in [-0.2, 0) is 26.2 Å². The van der Waals surface area contributed by atoms with Crippen LogP contribution in [0.3, 0.4) is 0 Å². The molecule has 8 nitrogen and oxygen atoms in total. The van der Waals surface area contributed by atoms with Crippen LogP contribution in [-0.4, -0.2) is 51.6 Å². The summed E-state index contributed by atoms with van der Waals surface area (Å²) >= 11 is 0. The Morgan fingerprint density at radius 1 is 0.943 bits per heavy atom. The van der Waals surface area contributed by atoms with Crippen molar-refractivity contribution in [3.8, 4) is 11.5 Å². The maximum absolute atomic E-state index is 12.8. The molecule has 9 heteroatoms. The maximum Gasteiger partial charge on any atom is 0.263 e. The van der Waals surface area contributed by atoms with Crippen LogP contribution in [0.15, 0.2) is 83.8 Å². The second-order valence-corrected chi connectivity index (χ2v) is 9.76. The van der Waals surface area contributed by atoms with Crippen molar-refractivity contribution in [1.82, 2.24) is 4.90 Å². The lowest BCUT2D eigenvalue weighted by atomic mass is 10.2.